The van der Waals surface area contributed by atoms with E-state index in [1.807, 2.05) is 42.6 Å². The van der Waals surface area contributed by atoms with Gasteiger partial charge in [0, 0.05) is 21.8 Å². The predicted octanol–water partition coefficient (Wildman–Crippen LogP) is 6.12. The monoisotopic (exact) mass is 599 g/mol. The van der Waals surface area contributed by atoms with Gasteiger partial charge < -0.3 is 10.1 Å². The third kappa shape index (κ3) is 4.79. The van der Waals surface area contributed by atoms with Crippen LogP contribution in [0.25, 0.3) is 21.3 Å². The molecule has 1 aliphatic rings. The molecule has 4 aromatic rings. The molecule has 0 saturated carbocycles. The van der Waals surface area contributed by atoms with Gasteiger partial charge in [-0.05, 0) is 41.6 Å². The average molecular weight is 600 g/mol. The maximum atomic E-state index is 14.7. The number of aryl methyl sites for hydroxylation is 1. The highest BCUT2D eigenvalue weighted by Crippen LogP contribution is 2.39. The van der Waals surface area contributed by atoms with Crippen molar-refractivity contribution in [2.45, 2.75) is 31.7 Å². The number of pyridine rings is 1. The molecule has 3 heterocycles. The molecule has 7 nitrogen and oxygen atoms in total. The van der Waals surface area contributed by atoms with Gasteiger partial charge in [-0.1, -0.05) is 57.9 Å². The Hall–Kier alpha value is -3.70. The molecule has 5 rings (SSSR count). The molecule has 194 valence electrons. The van der Waals surface area contributed by atoms with Crippen LogP contribution in [0.15, 0.2) is 74.3 Å². The second-order valence-corrected chi connectivity index (χ2v) is 10.8. The minimum Gasteiger partial charge on any atom is -0.481 e. The van der Waals surface area contributed by atoms with Crippen LogP contribution in [-0.2, 0) is 9.59 Å². The number of amides is 1. The van der Waals surface area contributed by atoms with Crippen LogP contribution in [0.1, 0.15) is 35.6 Å². The van der Waals surface area contributed by atoms with E-state index >= 15 is 0 Å². The molecular formula is C27H20BrF2N3O4S. The number of alkyl halides is 2. The van der Waals surface area contributed by atoms with Gasteiger partial charge in [-0.2, -0.15) is 13.9 Å². The summed E-state index contributed by atoms with van der Waals surface area (Å²) in [6.07, 6.45) is -1.68. The number of halogens is 3. The number of nitrogens with one attached hydrogen (secondary N) is 1. The number of H-pyrrole nitrogens is 1. The Morgan fingerprint density at radius 1 is 1.13 bits per heavy atom. The van der Waals surface area contributed by atoms with Crippen molar-refractivity contribution in [3.05, 3.63) is 91.5 Å². The minimum atomic E-state index is -4.19. The van der Waals surface area contributed by atoms with Crippen molar-refractivity contribution in [1.82, 2.24) is 9.99 Å². The molecule has 11 heteroatoms. The Bertz CT molecular complexity index is 1650. The first-order valence-corrected chi connectivity index (χ1v) is 13.2. The fraction of sp³-hybridized carbons (Fsp3) is 0.185. The van der Waals surface area contributed by atoms with Crippen molar-refractivity contribution in [2.75, 3.05) is 0 Å². The van der Waals surface area contributed by atoms with Crippen LogP contribution in [0.2, 0.25) is 0 Å². The SMILES string of the molecule is Cc1ccc(C2CC(c3c(-c4ccc(Br)cc4)c4ccsc4[nH]c3=O)=NN2C(=O)C(F)(F)CC(=O)O)cc1. The summed E-state index contributed by atoms with van der Waals surface area (Å²) in [5.41, 5.74) is 2.62. The van der Waals surface area contributed by atoms with Crippen LogP contribution >= 0.6 is 27.3 Å². The lowest BCUT2D eigenvalue weighted by atomic mass is 9.92. The molecule has 0 aliphatic carbocycles. The number of carboxylic acids is 1. The first kappa shape index (κ1) is 25.9. The Morgan fingerprint density at radius 3 is 2.47 bits per heavy atom. The van der Waals surface area contributed by atoms with Crippen molar-refractivity contribution in [3.8, 4) is 11.1 Å². The van der Waals surface area contributed by atoms with Gasteiger partial charge >= 0.3 is 17.8 Å². The summed E-state index contributed by atoms with van der Waals surface area (Å²) in [5, 5.41) is 16.4. The zero-order valence-electron chi connectivity index (χ0n) is 19.9. The second-order valence-electron chi connectivity index (χ2n) is 8.98. The third-order valence-corrected chi connectivity index (χ3v) is 7.69. The highest BCUT2D eigenvalue weighted by atomic mass is 79.9. The van der Waals surface area contributed by atoms with E-state index in [2.05, 4.69) is 26.0 Å². The van der Waals surface area contributed by atoms with Gasteiger partial charge in [0.15, 0.2) is 0 Å². The number of carbonyl (C=O) groups is 2. The van der Waals surface area contributed by atoms with Gasteiger partial charge in [0.25, 0.3) is 5.56 Å². The number of carbonyl (C=O) groups excluding carboxylic acids is 1. The topological polar surface area (TPSA) is 103 Å². The van der Waals surface area contributed by atoms with Crippen LogP contribution in [-0.4, -0.2) is 38.6 Å². The average Bonchev–Trinajstić information content (AvgIpc) is 3.50. The minimum absolute atomic E-state index is 0.0137. The normalized spacial score (nSPS) is 15.6. The largest absolute Gasteiger partial charge is 0.481 e. The van der Waals surface area contributed by atoms with Gasteiger partial charge in [-0.15, -0.1) is 11.3 Å². The van der Waals surface area contributed by atoms with E-state index in [4.69, 9.17) is 5.11 Å². The number of aromatic nitrogens is 1. The number of hydrogen-bond acceptors (Lipinski definition) is 5. The predicted molar refractivity (Wildman–Crippen MR) is 145 cm³/mol. The molecule has 0 saturated heterocycles. The summed E-state index contributed by atoms with van der Waals surface area (Å²) in [6, 6.07) is 15.2. The number of benzene rings is 2. The number of fused-ring (bicyclic) bond motifs is 1. The number of thiophene rings is 1. The number of aromatic amines is 1. The molecule has 1 aliphatic heterocycles. The van der Waals surface area contributed by atoms with Crippen LogP contribution in [0.3, 0.4) is 0 Å². The molecule has 38 heavy (non-hydrogen) atoms. The number of rotatable bonds is 6. The molecule has 0 radical (unpaired) electrons. The molecule has 2 aromatic heterocycles. The van der Waals surface area contributed by atoms with Crippen molar-refractivity contribution in [2.24, 2.45) is 5.10 Å². The molecule has 1 unspecified atom stereocenters. The summed E-state index contributed by atoms with van der Waals surface area (Å²) in [7, 11) is 0. The highest BCUT2D eigenvalue weighted by Gasteiger charge is 2.49. The molecular weight excluding hydrogens is 580 g/mol. The number of carboxylic acid groups (broad SMARTS) is 1. The van der Waals surface area contributed by atoms with E-state index in [1.54, 1.807) is 24.3 Å². The summed E-state index contributed by atoms with van der Waals surface area (Å²) in [5.74, 6) is -7.74. The van der Waals surface area contributed by atoms with Crippen molar-refractivity contribution in [1.29, 1.82) is 0 Å². The van der Waals surface area contributed by atoms with Gasteiger partial charge in [0.1, 0.15) is 11.3 Å². The lowest BCUT2D eigenvalue weighted by Gasteiger charge is -2.25. The van der Waals surface area contributed by atoms with E-state index < -0.39 is 35.8 Å². The summed E-state index contributed by atoms with van der Waals surface area (Å²) < 4.78 is 30.3. The van der Waals surface area contributed by atoms with Crippen molar-refractivity contribution in [3.63, 3.8) is 0 Å². The molecule has 0 bridgehead atoms. The van der Waals surface area contributed by atoms with Crippen molar-refractivity contribution < 1.29 is 23.5 Å². The fourth-order valence-corrected chi connectivity index (χ4v) is 5.59. The van der Waals surface area contributed by atoms with E-state index in [9.17, 15) is 23.2 Å². The van der Waals surface area contributed by atoms with E-state index in [0.717, 1.165) is 15.4 Å². The standard InChI is InChI=1S/C27H20BrF2N3O4S/c1-14-2-4-15(5-3-14)20-12-19(32-33(20)26(37)27(29,30)13-21(34)35)23-22(16-6-8-17(28)9-7-16)18-10-11-38-25(18)31-24(23)36/h2-11,20H,12-13H2,1H3,(H,31,36)(H,34,35). The van der Waals surface area contributed by atoms with Crippen LogP contribution in [0, 0.1) is 6.92 Å². The number of nitrogens with zero attached hydrogens (tertiary/aromatic N) is 2. The Morgan fingerprint density at radius 2 is 1.82 bits per heavy atom. The van der Waals surface area contributed by atoms with E-state index in [0.29, 0.717) is 26.5 Å². The first-order valence-electron chi connectivity index (χ1n) is 11.5. The molecule has 2 N–H and O–H groups in total. The number of aliphatic carboxylic acids is 1. The fourth-order valence-electron chi connectivity index (χ4n) is 4.54. The Kier molecular flexibility index (Phi) is 6.74. The number of hydrogen-bond donors (Lipinski definition) is 2. The summed E-state index contributed by atoms with van der Waals surface area (Å²) >= 11 is 4.76. The van der Waals surface area contributed by atoms with Gasteiger partial charge in [0.2, 0.25) is 0 Å². The summed E-state index contributed by atoms with van der Waals surface area (Å²) in [6.45, 7) is 1.87. The van der Waals surface area contributed by atoms with E-state index in [-0.39, 0.29) is 17.7 Å². The van der Waals surface area contributed by atoms with Gasteiger partial charge in [0.05, 0.1) is 17.3 Å². The first-order chi connectivity index (χ1) is 18.0. The summed E-state index contributed by atoms with van der Waals surface area (Å²) in [4.78, 5) is 40.9. The van der Waals surface area contributed by atoms with Crippen LogP contribution in [0.4, 0.5) is 8.78 Å². The second kappa shape index (κ2) is 9.88. The van der Waals surface area contributed by atoms with Gasteiger partial charge in [-0.3, -0.25) is 14.4 Å². The lowest BCUT2D eigenvalue weighted by Crippen LogP contribution is -2.42. The maximum absolute atomic E-state index is 14.7. The number of hydrazone groups is 1. The zero-order valence-corrected chi connectivity index (χ0v) is 22.3. The molecule has 1 atom stereocenters. The zero-order chi connectivity index (χ0) is 27.2. The van der Waals surface area contributed by atoms with Gasteiger partial charge in [-0.25, -0.2) is 5.01 Å². The smallest absolute Gasteiger partial charge is 0.337 e. The third-order valence-electron chi connectivity index (χ3n) is 6.33. The van der Waals surface area contributed by atoms with Crippen LogP contribution < -0.4 is 5.56 Å². The van der Waals surface area contributed by atoms with Crippen LogP contribution in [0.5, 0.6) is 0 Å². The Labute approximate surface area is 227 Å². The highest BCUT2D eigenvalue weighted by molar-refractivity contribution is 9.10. The quantitative estimate of drug-likeness (QED) is 0.279. The van der Waals surface area contributed by atoms with Crippen molar-refractivity contribution >= 4 is 55.1 Å². The molecule has 0 spiro atoms. The molecule has 2 aromatic carbocycles. The molecule has 0 fully saturated rings. The van der Waals surface area contributed by atoms with E-state index in [1.165, 1.54) is 11.3 Å². The lowest BCUT2D eigenvalue weighted by molar-refractivity contribution is -0.167. The maximum Gasteiger partial charge on any atom is 0.337 e. The Balaban J connectivity index is 1.70. The molecule has 1 amide bonds.